The van der Waals surface area contributed by atoms with E-state index in [4.69, 9.17) is 4.74 Å². The number of ether oxygens (including phenoxy) is 1. The van der Waals surface area contributed by atoms with E-state index in [0.29, 0.717) is 24.5 Å². The van der Waals surface area contributed by atoms with Crippen LogP contribution in [0.5, 0.6) is 0 Å². The Morgan fingerprint density at radius 2 is 1.69 bits per heavy atom. The molecule has 0 aromatic rings. The summed E-state index contributed by atoms with van der Waals surface area (Å²) in [6.07, 6.45) is 4.32. The van der Waals surface area contributed by atoms with Crippen LogP contribution in [0.4, 0.5) is 0 Å². The Morgan fingerprint density at radius 3 is 2.14 bits per heavy atom. The number of esters is 1. The Balaban J connectivity index is 0.00000283. The van der Waals surface area contributed by atoms with E-state index in [2.05, 4.69) is 53.8 Å². The van der Waals surface area contributed by atoms with Gasteiger partial charge in [-0.25, -0.2) is 4.79 Å². The van der Waals surface area contributed by atoms with Crippen molar-refractivity contribution in [2.45, 2.75) is 101 Å². The molecule has 1 fully saturated rings. The molecule has 0 aromatic carbocycles. The molecular weight excluding hydrogens is 454 g/mol. The molecule has 7 nitrogen and oxygen atoms in total. The third-order valence-corrected chi connectivity index (χ3v) is 6.65. The molecule has 36 heavy (non-hydrogen) atoms. The van der Waals surface area contributed by atoms with Crippen LogP contribution in [-0.2, 0) is 19.1 Å². The van der Waals surface area contributed by atoms with Crippen molar-refractivity contribution in [3.63, 3.8) is 0 Å². The summed E-state index contributed by atoms with van der Waals surface area (Å²) in [6, 6.07) is -0.733. The molecule has 210 valence electrons. The second kappa shape index (κ2) is 16.1. The van der Waals surface area contributed by atoms with Crippen LogP contribution in [0, 0.1) is 23.2 Å². The van der Waals surface area contributed by atoms with E-state index < -0.39 is 6.04 Å². The largest absolute Gasteiger partial charge is 0.467 e. The first kappa shape index (κ1) is 34.1. The maximum Gasteiger partial charge on any atom is 0.328 e. The van der Waals surface area contributed by atoms with Gasteiger partial charge in [0.2, 0.25) is 11.8 Å². The van der Waals surface area contributed by atoms with Crippen molar-refractivity contribution in [2.75, 3.05) is 33.8 Å². The molecule has 0 unspecified atom stereocenters. The van der Waals surface area contributed by atoms with Crippen molar-refractivity contribution in [3.05, 3.63) is 11.6 Å². The van der Waals surface area contributed by atoms with Gasteiger partial charge in [0.05, 0.1) is 19.7 Å². The van der Waals surface area contributed by atoms with E-state index in [1.54, 1.807) is 23.8 Å². The van der Waals surface area contributed by atoms with Crippen LogP contribution in [0.1, 0.15) is 88.5 Å². The second-order valence-electron chi connectivity index (χ2n) is 12.1. The van der Waals surface area contributed by atoms with E-state index in [1.807, 2.05) is 19.9 Å². The highest BCUT2D eigenvalue weighted by Crippen LogP contribution is 2.27. The highest BCUT2D eigenvalue weighted by molar-refractivity contribution is 5.96. The van der Waals surface area contributed by atoms with Crippen molar-refractivity contribution in [3.8, 4) is 0 Å². The summed E-state index contributed by atoms with van der Waals surface area (Å²) in [5.74, 6) is 0.920. The highest BCUT2D eigenvalue weighted by Gasteiger charge is 2.35. The maximum absolute atomic E-state index is 13.0. The fourth-order valence-electron chi connectivity index (χ4n) is 4.40. The third kappa shape index (κ3) is 11.4. The number of hydrogen-bond acceptors (Lipinski definition) is 5. The predicted octanol–water partition coefficient (Wildman–Crippen LogP) is 4.90. The number of rotatable bonds is 10. The number of nitrogens with zero attached hydrogens (tertiary/aromatic N) is 2. The van der Waals surface area contributed by atoms with E-state index in [9.17, 15) is 14.4 Å². The number of hydrogen-bond donors (Lipinski definition) is 1. The van der Waals surface area contributed by atoms with E-state index in [0.717, 1.165) is 25.3 Å². The lowest BCUT2D eigenvalue weighted by Gasteiger charge is -2.32. The number of nitrogens with one attached hydrogen (secondary N) is 1. The summed E-state index contributed by atoms with van der Waals surface area (Å²) in [5.41, 5.74) is 0.737. The summed E-state index contributed by atoms with van der Waals surface area (Å²) >= 11 is 0. The van der Waals surface area contributed by atoms with Gasteiger partial charge in [-0.2, -0.15) is 0 Å². The zero-order chi connectivity index (χ0) is 28.2. The van der Waals surface area contributed by atoms with Gasteiger partial charge in [-0.05, 0) is 49.5 Å². The van der Waals surface area contributed by atoms with Crippen LogP contribution in [-0.4, -0.2) is 73.5 Å². The molecule has 0 saturated carbocycles. The van der Waals surface area contributed by atoms with Crippen LogP contribution in [0.3, 0.4) is 0 Å². The van der Waals surface area contributed by atoms with Crippen molar-refractivity contribution in [1.82, 2.24) is 15.1 Å². The molecule has 1 aliphatic rings. The van der Waals surface area contributed by atoms with Crippen LogP contribution >= 0.6 is 0 Å². The molecule has 7 heteroatoms. The molecule has 0 aliphatic carbocycles. The van der Waals surface area contributed by atoms with Crippen molar-refractivity contribution < 1.29 is 19.1 Å². The molecule has 0 spiro atoms. The monoisotopic (exact) mass is 509 g/mol. The molecule has 3 atom stereocenters. The third-order valence-electron chi connectivity index (χ3n) is 6.65. The van der Waals surface area contributed by atoms with E-state index in [-0.39, 0.29) is 41.7 Å². The van der Waals surface area contributed by atoms with Crippen molar-refractivity contribution in [2.24, 2.45) is 23.2 Å². The van der Waals surface area contributed by atoms with Crippen molar-refractivity contribution in [1.29, 1.82) is 0 Å². The molecule has 0 aromatic heterocycles. The van der Waals surface area contributed by atoms with Gasteiger partial charge in [0.1, 0.15) is 6.04 Å². The number of likely N-dealkylation sites (N-methyl/N-ethyl adjacent to an activating group) is 1. The first-order valence-electron chi connectivity index (χ1n) is 13.6. The summed E-state index contributed by atoms with van der Waals surface area (Å²) in [6.45, 7) is 22.8. The number of methoxy groups -OCH3 is 1. The Kier molecular flexibility index (Phi) is 15.2. The van der Waals surface area contributed by atoms with Gasteiger partial charge in [0, 0.05) is 19.2 Å². The summed E-state index contributed by atoms with van der Waals surface area (Å²) < 4.78 is 4.85. The van der Waals surface area contributed by atoms with Crippen LogP contribution in [0.25, 0.3) is 0 Å². The fraction of sp³-hybridized carbons (Fsp3) is 0.828. The predicted molar refractivity (Wildman–Crippen MR) is 149 cm³/mol. The van der Waals surface area contributed by atoms with Gasteiger partial charge in [-0.1, -0.05) is 74.8 Å². The normalized spacial score (nSPS) is 18.0. The molecule has 1 aliphatic heterocycles. The molecular formula is C29H55N3O4. The highest BCUT2D eigenvalue weighted by atomic mass is 16.5. The summed E-state index contributed by atoms with van der Waals surface area (Å²) in [5, 5.41) is 3.32. The second-order valence-corrected chi connectivity index (χ2v) is 12.1. The molecule has 1 saturated heterocycles. The minimum atomic E-state index is -0.522. The number of carbonyl (C=O) groups excluding carboxylic acids is 3. The van der Waals surface area contributed by atoms with Gasteiger partial charge < -0.3 is 19.9 Å². The van der Waals surface area contributed by atoms with Gasteiger partial charge in [0.15, 0.2) is 0 Å². The molecule has 1 heterocycles. The Hall–Kier alpha value is -1.89. The number of likely N-dealkylation sites (tertiary alicyclic amines) is 1. The van der Waals surface area contributed by atoms with Gasteiger partial charge in [-0.3, -0.25) is 9.59 Å². The first-order valence-corrected chi connectivity index (χ1v) is 13.6. The molecule has 1 N–H and O–H groups in total. The summed E-state index contributed by atoms with van der Waals surface area (Å²) in [4.78, 5) is 41.2. The number of amides is 2. The molecule has 0 bridgehead atoms. The molecule has 1 rings (SSSR count). The Morgan fingerprint density at radius 1 is 1.14 bits per heavy atom. The Labute approximate surface area is 221 Å². The quantitative estimate of drug-likeness (QED) is 0.335. The van der Waals surface area contributed by atoms with Crippen LogP contribution in [0.2, 0.25) is 0 Å². The lowest BCUT2D eigenvalue weighted by atomic mass is 9.79. The zero-order valence-electron chi connectivity index (χ0n) is 25.2. The smallest absolute Gasteiger partial charge is 0.328 e. The average Bonchev–Trinajstić information content (AvgIpc) is 3.26. The van der Waals surface area contributed by atoms with Crippen LogP contribution in [0.15, 0.2) is 11.6 Å². The zero-order valence-corrected chi connectivity index (χ0v) is 25.2. The van der Waals surface area contributed by atoms with Crippen molar-refractivity contribution >= 4 is 17.8 Å². The maximum atomic E-state index is 13.0. The van der Waals surface area contributed by atoms with E-state index in [1.165, 1.54) is 7.11 Å². The van der Waals surface area contributed by atoms with Gasteiger partial charge in [-0.15, -0.1) is 0 Å². The average molecular weight is 510 g/mol. The molecule has 2 amide bonds. The minimum absolute atomic E-state index is 0.00225. The van der Waals surface area contributed by atoms with Gasteiger partial charge in [0.25, 0.3) is 0 Å². The lowest BCUT2D eigenvalue weighted by molar-refractivity contribution is -0.149. The fourth-order valence-corrected chi connectivity index (χ4v) is 4.40. The minimum Gasteiger partial charge on any atom is -0.467 e. The SMILES string of the molecule is CC(C)C.CC[C@H](CNCC(=O)N(C)[C@H](/C=C(\C)C(=O)N1CCC[C@H]1C(=O)OC)C(C)C)C(C)(C)C. The standard InChI is InChI=1S/C25H45N3O4.C4H10/c1-10-19(25(5,6)7)15-26-16-22(29)27(8)21(17(2)3)14-18(4)23(30)28-13-11-12-20(28)24(31)32-9;1-4(2)3/h14,17,19-21,26H,10-13,15-16H2,1-9H3;4H,1-3H3/b18-14+;/t19-,20+,21-;/m1./s1. The van der Waals surface area contributed by atoms with Crippen LogP contribution < -0.4 is 5.32 Å². The van der Waals surface area contributed by atoms with E-state index >= 15 is 0 Å². The topological polar surface area (TPSA) is 79.0 Å². The number of carbonyl (C=O) groups is 3. The van der Waals surface area contributed by atoms with Gasteiger partial charge >= 0.3 is 5.97 Å². The Bertz CT molecular complexity index is 722. The first-order chi connectivity index (χ1) is 16.6. The summed E-state index contributed by atoms with van der Waals surface area (Å²) in [7, 11) is 3.14. The molecule has 0 radical (unpaired) electrons. The lowest BCUT2D eigenvalue weighted by Crippen LogP contribution is -2.45.